The van der Waals surface area contributed by atoms with Gasteiger partial charge >= 0.3 is 12.1 Å². The van der Waals surface area contributed by atoms with Crippen molar-refractivity contribution in [3.8, 4) is 23.0 Å². The fourth-order valence-corrected chi connectivity index (χ4v) is 3.78. The summed E-state index contributed by atoms with van der Waals surface area (Å²) in [6.45, 7) is 0. The molecule has 208 valence electrons. The summed E-state index contributed by atoms with van der Waals surface area (Å²) in [5.41, 5.74) is -5.67. The number of carbonyl (C=O) groups excluding carboxylic acids is 2. The van der Waals surface area contributed by atoms with Gasteiger partial charge in [-0.25, -0.2) is 14.0 Å². The lowest BCUT2D eigenvalue weighted by Crippen LogP contribution is -2.53. The van der Waals surface area contributed by atoms with Crippen molar-refractivity contribution >= 4 is 23.5 Å². The molecule has 0 heterocycles. The van der Waals surface area contributed by atoms with Crippen LogP contribution in [0.15, 0.2) is 107 Å². The second kappa shape index (κ2) is 11.5. The highest BCUT2D eigenvalue weighted by Gasteiger charge is 2.72. The molecule has 0 unspecified atom stereocenters. The summed E-state index contributed by atoms with van der Waals surface area (Å²) in [7, 11) is 0. The fourth-order valence-electron chi connectivity index (χ4n) is 3.78. The Morgan fingerprint density at radius 1 is 0.488 bits per heavy atom. The highest BCUT2D eigenvalue weighted by atomic mass is 19.4. The largest absolute Gasteiger partial charge is 0.457 e. The first-order chi connectivity index (χ1) is 19.5. The molecule has 0 aliphatic heterocycles. The molecule has 6 nitrogen and oxygen atoms in total. The van der Waals surface area contributed by atoms with Gasteiger partial charge in [0.25, 0.3) is 0 Å². The van der Waals surface area contributed by atoms with E-state index in [1.165, 1.54) is 60.7 Å². The van der Waals surface area contributed by atoms with E-state index >= 15 is 4.39 Å². The Labute approximate surface area is 228 Å². The molecule has 0 atom stereocenters. The third-order valence-electron chi connectivity index (χ3n) is 5.79. The Balaban J connectivity index is 1.64. The van der Waals surface area contributed by atoms with E-state index in [0.717, 1.165) is 48.5 Å². The number of isocyanates is 2. The first kappa shape index (κ1) is 28.8. The van der Waals surface area contributed by atoms with Crippen LogP contribution in [0.3, 0.4) is 0 Å². The number of aliphatic imine (C=N–C) groups is 2. The van der Waals surface area contributed by atoms with E-state index in [0.29, 0.717) is 0 Å². The standard InChI is InChI=1S/C29H16F6N2O4/c30-27(28(31,32)29(33,34)35,19-1-9-23(10-2-19)40-25-13-5-21(6-14-25)36-17-38)20-3-11-24(12-4-20)41-26-15-7-22(8-16-26)37-18-39/h1-16H. The molecule has 0 amide bonds. The summed E-state index contributed by atoms with van der Waals surface area (Å²) < 4.78 is 97.4. The molecule has 0 spiro atoms. The summed E-state index contributed by atoms with van der Waals surface area (Å²) in [4.78, 5) is 27.5. The number of halogens is 6. The number of hydrogen-bond donors (Lipinski definition) is 0. The molecule has 0 N–H and O–H groups in total. The Kier molecular flexibility index (Phi) is 8.09. The highest BCUT2D eigenvalue weighted by molar-refractivity contribution is 5.52. The van der Waals surface area contributed by atoms with Crippen molar-refractivity contribution in [1.29, 1.82) is 0 Å². The van der Waals surface area contributed by atoms with Crippen LogP contribution in [0, 0.1) is 0 Å². The highest BCUT2D eigenvalue weighted by Crippen LogP contribution is 2.54. The zero-order chi connectivity index (χ0) is 29.7. The number of alkyl halides is 6. The van der Waals surface area contributed by atoms with E-state index in [1.807, 2.05) is 0 Å². The van der Waals surface area contributed by atoms with E-state index < -0.39 is 28.9 Å². The predicted molar refractivity (Wildman–Crippen MR) is 134 cm³/mol. The molecule has 12 heteroatoms. The van der Waals surface area contributed by atoms with E-state index in [4.69, 9.17) is 9.47 Å². The van der Waals surface area contributed by atoms with Crippen LogP contribution in [0.5, 0.6) is 23.0 Å². The van der Waals surface area contributed by atoms with Crippen LogP contribution in [0.2, 0.25) is 0 Å². The molecule has 0 saturated heterocycles. The summed E-state index contributed by atoms with van der Waals surface area (Å²) in [5, 5.41) is 0. The Morgan fingerprint density at radius 3 is 1.05 bits per heavy atom. The van der Waals surface area contributed by atoms with Crippen LogP contribution in [0.1, 0.15) is 11.1 Å². The van der Waals surface area contributed by atoms with E-state index in [2.05, 4.69) is 9.98 Å². The molecule has 0 radical (unpaired) electrons. The zero-order valence-corrected chi connectivity index (χ0v) is 20.5. The third-order valence-corrected chi connectivity index (χ3v) is 5.79. The van der Waals surface area contributed by atoms with Crippen LogP contribution in [-0.2, 0) is 15.3 Å². The van der Waals surface area contributed by atoms with Crippen LogP contribution in [0.4, 0.5) is 37.7 Å². The van der Waals surface area contributed by atoms with E-state index in [-0.39, 0.29) is 34.4 Å². The zero-order valence-electron chi connectivity index (χ0n) is 20.5. The minimum absolute atomic E-state index is 0.0201. The van der Waals surface area contributed by atoms with E-state index in [9.17, 15) is 31.5 Å². The number of benzene rings is 4. The Morgan fingerprint density at radius 2 is 0.780 bits per heavy atom. The molecule has 4 rings (SSSR count). The Bertz CT molecular complexity index is 1490. The molecule has 0 aromatic heterocycles. The summed E-state index contributed by atoms with van der Waals surface area (Å²) in [5.74, 6) is -5.32. The van der Waals surface area contributed by atoms with Crippen LogP contribution >= 0.6 is 0 Å². The molecule has 0 aliphatic rings. The van der Waals surface area contributed by atoms with Gasteiger partial charge < -0.3 is 9.47 Å². The Hall–Kier alpha value is -5.18. The average molecular weight is 570 g/mol. The fraction of sp³-hybridized carbons (Fsp3) is 0.103. The smallest absolute Gasteiger partial charge is 0.457 e. The number of rotatable bonds is 9. The number of hydrogen-bond acceptors (Lipinski definition) is 6. The second-order valence-electron chi connectivity index (χ2n) is 8.38. The minimum Gasteiger partial charge on any atom is -0.457 e. The quantitative estimate of drug-likeness (QED) is 0.115. The second-order valence-corrected chi connectivity index (χ2v) is 8.38. The lowest BCUT2D eigenvalue weighted by Gasteiger charge is -2.35. The number of ether oxygens (including phenoxy) is 2. The van der Waals surface area contributed by atoms with Crippen LogP contribution in [-0.4, -0.2) is 24.3 Å². The average Bonchev–Trinajstić information content (AvgIpc) is 2.95. The molecule has 0 bridgehead atoms. The SMILES string of the molecule is O=C=Nc1ccc(Oc2ccc(C(F)(c3ccc(Oc4ccc(N=C=O)cc4)cc3)C(F)(F)C(F)(F)F)cc2)cc1. The van der Waals surface area contributed by atoms with Gasteiger partial charge in [0, 0.05) is 11.1 Å². The van der Waals surface area contributed by atoms with Crippen molar-refractivity contribution in [3.63, 3.8) is 0 Å². The van der Waals surface area contributed by atoms with Crippen molar-refractivity contribution in [3.05, 3.63) is 108 Å². The molecular weight excluding hydrogens is 554 g/mol. The lowest BCUT2D eigenvalue weighted by molar-refractivity contribution is -0.323. The minimum atomic E-state index is -6.23. The summed E-state index contributed by atoms with van der Waals surface area (Å²) in [6, 6.07) is 18.7. The van der Waals surface area contributed by atoms with Crippen molar-refractivity contribution in [1.82, 2.24) is 0 Å². The van der Waals surface area contributed by atoms with Gasteiger partial charge in [0.05, 0.1) is 11.4 Å². The first-order valence-corrected chi connectivity index (χ1v) is 11.5. The van der Waals surface area contributed by atoms with Gasteiger partial charge in [0.1, 0.15) is 23.0 Å². The van der Waals surface area contributed by atoms with E-state index in [1.54, 1.807) is 0 Å². The summed E-state index contributed by atoms with van der Waals surface area (Å²) >= 11 is 0. The van der Waals surface area contributed by atoms with Gasteiger partial charge in [-0.15, -0.1) is 0 Å². The molecule has 41 heavy (non-hydrogen) atoms. The maximum Gasteiger partial charge on any atom is 0.457 e. The van der Waals surface area contributed by atoms with Crippen molar-refractivity contribution in [2.45, 2.75) is 17.8 Å². The lowest BCUT2D eigenvalue weighted by atomic mass is 9.82. The molecule has 0 fully saturated rings. The summed E-state index contributed by atoms with van der Waals surface area (Å²) in [6.07, 6.45) is -3.50. The van der Waals surface area contributed by atoms with Gasteiger partial charge in [-0.1, -0.05) is 24.3 Å². The van der Waals surface area contributed by atoms with Gasteiger partial charge in [-0.3, -0.25) is 0 Å². The van der Waals surface area contributed by atoms with Crippen molar-refractivity contribution in [2.75, 3.05) is 0 Å². The maximum atomic E-state index is 16.2. The number of nitrogens with zero attached hydrogens (tertiary/aromatic N) is 2. The van der Waals surface area contributed by atoms with Crippen LogP contribution in [0.25, 0.3) is 0 Å². The van der Waals surface area contributed by atoms with Crippen molar-refractivity contribution in [2.24, 2.45) is 9.98 Å². The first-order valence-electron chi connectivity index (χ1n) is 11.5. The van der Waals surface area contributed by atoms with Gasteiger partial charge in [0.15, 0.2) is 0 Å². The molecule has 4 aromatic rings. The predicted octanol–water partition coefficient (Wildman–Crippen LogP) is 8.62. The monoisotopic (exact) mass is 570 g/mol. The maximum absolute atomic E-state index is 16.2. The van der Waals surface area contributed by atoms with Gasteiger partial charge in [-0.05, 0) is 72.8 Å². The molecule has 0 aliphatic carbocycles. The van der Waals surface area contributed by atoms with Crippen molar-refractivity contribution < 1.29 is 45.4 Å². The normalized spacial score (nSPS) is 12.8. The molecule has 0 saturated carbocycles. The topological polar surface area (TPSA) is 77.3 Å². The van der Waals surface area contributed by atoms with Gasteiger partial charge in [-0.2, -0.15) is 31.9 Å². The third kappa shape index (κ3) is 6.04. The molecule has 4 aromatic carbocycles. The van der Waals surface area contributed by atoms with Crippen LogP contribution < -0.4 is 9.47 Å². The van der Waals surface area contributed by atoms with Gasteiger partial charge in [0.2, 0.25) is 17.8 Å². The molecular formula is C29H16F6N2O4.